The molecule has 0 bridgehead atoms. The van der Waals surface area contributed by atoms with Crippen LogP contribution in [0.4, 0.5) is 0 Å². The molecular weight excluding hydrogens is 208 g/mol. The van der Waals surface area contributed by atoms with E-state index < -0.39 is 0 Å². The van der Waals surface area contributed by atoms with Crippen LogP contribution < -0.4 is 0 Å². The van der Waals surface area contributed by atoms with Crippen molar-refractivity contribution >= 4 is 5.91 Å². The lowest BCUT2D eigenvalue weighted by Crippen LogP contribution is -2.36. The Hall–Kier alpha value is -1.33. The van der Waals surface area contributed by atoms with Crippen molar-refractivity contribution in [2.75, 3.05) is 40.5 Å². The lowest BCUT2D eigenvalue weighted by Gasteiger charge is -2.21. The first-order valence-corrected chi connectivity index (χ1v) is 5.20. The molecule has 0 aromatic carbocycles. The van der Waals surface area contributed by atoms with Gasteiger partial charge in [0.05, 0.1) is 13.2 Å². The van der Waals surface area contributed by atoms with Gasteiger partial charge in [0.25, 0.3) is 5.91 Å². The van der Waals surface area contributed by atoms with Gasteiger partial charge in [0.15, 0.2) is 0 Å². The van der Waals surface area contributed by atoms with Gasteiger partial charge in [-0.1, -0.05) is 0 Å². The number of rotatable bonds is 7. The van der Waals surface area contributed by atoms with Crippen LogP contribution in [0.25, 0.3) is 0 Å². The zero-order chi connectivity index (χ0) is 11.8. The molecule has 0 aliphatic rings. The Labute approximate surface area is 95.3 Å². The number of nitrogens with zero attached hydrogens (tertiary/aromatic N) is 1. The smallest absolute Gasteiger partial charge is 0.270 e. The van der Waals surface area contributed by atoms with E-state index in [1.165, 1.54) is 0 Å². The molecule has 5 nitrogen and oxygen atoms in total. The van der Waals surface area contributed by atoms with E-state index in [9.17, 15) is 4.79 Å². The average molecular weight is 226 g/mol. The minimum Gasteiger partial charge on any atom is -0.383 e. The van der Waals surface area contributed by atoms with E-state index in [0.717, 1.165) is 0 Å². The molecule has 0 saturated carbocycles. The highest BCUT2D eigenvalue weighted by atomic mass is 16.5. The standard InChI is InChI=1S/C11H18N2O3/c1-15-8-6-13(7-9-16-2)11(14)10-4-3-5-12-10/h3-5,12H,6-9H2,1-2H3. The Morgan fingerprint density at radius 2 is 1.94 bits per heavy atom. The van der Waals surface area contributed by atoms with Crippen molar-refractivity contribution in [3.63, 3.8) is 0 Å². The molecule has 0 radical (unpaired) electrons. The number of carbonyl (C=O) groups is 1. The number of hydrogen-bond acceptors (Lipinski definition) is 3. The Balaban J connectivity index is 2.56. The van der Waals surface area contributed by atoms with Crippen LogP contribution in [-0.4, -0.2) is 56.3 Å². The van der Waals surface area contributed by atoms with Crippen molar-refractivity contribution in [3.8, 4) is 0 Å². The van der Waals surface area contributed by atoms with Gasteiger partial charge in [-0.15, -0.1) is 0 Å². The van der Waals surface area contributed by atoms with Crippen LogP contribution in [0.2, 0.25) is 0 Å². The van der Waals surface area contributed by atoms with Crippen LogP contribution >= 0.6 is 0 Å². The molecule has 16 heavy (non-hydrogen) atoms. The number of hydrogen-bond donors (Lipinski definition) is 1. The summed E-state index contributed by atoms with van der Waals surface area (Å²) < 4.78 is 9.95. The molecule has 1 aromatic heterocycles. The molecular formula is C11H18N2O3. The van der Waals surface area contributed by atoms with Gasteiger partial charge in [-0.05, 0) is 12.1 Å². The molecule has 1 amide bonds. The van der Waals surface area contributed by atoms with Gasteiger partial charge in [-0.25, -0.2) is 0 Å². The summed E-state index contributed by atoms with van der Waals surface area (Å²) in [4.78, 5) is 16.6. The number of carbonyl (C=O) groups excluding carboxylic acids is 1. The Morgan fingerprint density at radius 3 is 2.38 bits per heavy atom. The SMILES string of the molecule is COCCN(CCOC)C(=O)c1ccc[nH]1. The fourth-order valence-corrected chi connectivity index (χ4v) is 1.35. The van der Waals surface area contributed by atoms with Crippen LogP contribution in [0.3, 0.4) is 0 Å². The number of ether oxygens (including phenoxy) is 2. The van der Waals surface area contributed by atoms with E-state index in [1.807, 2.05) is 0 Å². The van der Waals surface area contributed by atoms with E-state index in [-0.39, 0.29) is 5.91 Å². The van der Waals surface area contributed by atoms with Gasteiger partial charge >= 0.3 is 0 Å². The zero-order valence-electron chi connectivity index (χ0n) is 9.73. The molecule has 90 valence electrons. The van der Waals surface area contributed by atoms with Gasteiger partial charge in [0.1, 0.15) is 5.69 Å². The van der Waals surface area contributed by atoms with Crippen molar-refractivity contribution in [2.24, 2.45) is 0 Å². The topological polar surface area (TPSA) is 54.6 Å². The summed E-state index contributed by atoms with van der Waals surface area (Å²) in [5.41, 5.74) is 0.590. The fourth-order valence-electron chi connectivity index (χ4n) is 1.35. The third-order valence-electron chi connectivity index (χ3n) is 2.25. The molecule has 1 heterocycles. The first-order valence-electron chi connectivity index (χ1n) is 5.20. The van der Waals surface area contributed by atoms with Gasteiger partial charge < -0.3 is 19.4 Å². The first-order chi connectivity index (χ1) is 7.79. The van der Waals surface area contributed by atoms with E-state index in [4.69, 9.17) is 9.47 Å². The highest BCUT2D eigenvalue weighted by molar-refractivity contribution is 5.92. The van der Waals surface area contributed by atoms with E-state index in [1.54, 1.807) is 37.4 Å². The Kier molecular flexibility index (Phi) is 5.60. The van der Waals surface area contributed by atoms with Gasteiger partial charge in [-0.2, -0.15) is 0 Å². The number of amides is 1. The van der Waals surface area contributed by atoms with Crippen LogP contribution in [-0.2, 0) is 9.47 Å². The van der Waals surface area contributed by atoms with E-state index in [2.05, 4.69) is 4.98 Å². The van der Waals surface area contributed by atoms with Crippen LogP contribution in [0.1, 0.15) is 10.5 Å². The maximum absolute atomic E-state index is 12.0. The third-order valence-corrected chi connectivity index (χ3v) is 2.25. The summed E-state index contributed by atoms with van der Waals surface area (Å²) >= 11 is 0. The minimum atomic E-state index is -0.0286. The first kappa shape index (κ1) is 12.7. The van der Waals surface area contributed by atoms with E-state index >= 15 is 0 Å². The number of aromatic amines is 1. The van der Waals surface area contributed by atoms with Crippen LogP contribution in [0.15, 0.2) is 18.3 Å². The second-order valence-corrected chi connectivity index (χ2v) is 3.36. The van der Waals surface area contributed by atoms with Gasteiger partial charge in [-0.3, -0.25) is 4.79 Å². The predicted molar refractivity (Wildman–Crippen MR) is 60.4 cm³/mol. The number of H-pyrrole nitrogens is 1. The molecule has 0 spiro atoms. The average Bonchev–Trinajstić information content (AvgIpc) is 2.82. The number of nitrogens with one attached hydrogen (secondary N) is 1. The molecule has 0 aliphatic carbocycles. The summed E-state index contributed by atoms with van der Waals surface area (Å²) in [7, 11) is 3.24. The number of aromatic nitrogens is 1. The number of methoxy groups -OCH3 is 2. The maximum Gasteiger partial charge on any atom is 0.270 e. The van der Waals surface area contributed by atoms with Crippen molar-refractivity contribution < 1.29 is 14.3 Å². The maximum atomic E-state index is 12.0. The monoisotopic (exact) mass is 226 g/mol. The molecule has 1 N–H and O–H groups in total. The van der Waals surface area contributed by atoms with Gasteiger partial charge in [0.2, 0.25) is 0 Å². The second kappa shape index (κ2) is 7.03. The van der Waals surface area contributed by atoms with Crippen molar-refractivity contribution in [3.05, 3.63) is 24.0 Å². The summed E-state index contributed by atoms with van der Waals surface area (Å²) in [5, 5.41) is 0. The normalized spacial score (nSPS) is 10.4. The molecule has 0 unspecified atom stereocenters. The predicted octanol–water partition coefficient (Wildman–Crippen LogP) is 0.750. The van der Waals surface area contributed by atoms with Crippen molar-refractivity contribution in [2.45, 2.75) is 0 Å². The second-order valence-electron chi connectivity index (χ2n) is 3.36. The largest absolute Gasteiger partial charge is 0.383 e. The van der Waals surface area contributed by atoms with Crippen LogP contribution in [0, 0.1) is 0 Å². The molecule has 5 heteroatoms. The molecule has 1 aromatic rings. The third kappa shape index (κ3) is 3.67. The molecule has 0 atom stereocenters. The van der Waals surface area contributed by atoms with Crippen molar-refractivity contribution in [1.82, 2.24) is 9.88 Å². The zero-order valence-corrected chi connectivity index (χ0v) is 9.73. The fraction of sp³-hybridized carbons (Fsp3) is 0.545. The van der Waals surface area contributed by atoms with E-state index in [0.29, 0.717) is 32.0 Å². The minimum absolute atomic E-state index is 0.0286. The molecule has 1 rings (SSSR count). The molecule has 0 aliphatic heterocycles. The van der Waals surface area contributed by atoms with Gasteiger partial charge in [0, 0.05) is 33.5 Å². The van der Waals surface area contributed by atoms with Crippen molar-refractivity contribution in [1.29, 1.82) is 0 Å². The highest BCUT2D eigenvalue weighted by Gasteiger charge is 2.15. The summed E-state index contributed by atoms with van der Waals surface area (Å²) in [6, 6.07) is 3.56. The Morgan fingerprint density at radius 1 is 1.31 bits per heavy atom. The lowest BCUT2D eigenvalue weighted by molar-refractivity contribution is 0.0622. The summed E-state index contributed by atoms with van der Waals surface area (Å²) in [6.07, 6.45) is 1.73. The highest BCUT2D eigenvalue weighted by Crippen LogP contribution is 2.02. The summed E-state index contributed by atoms with van der Waals surface area (Å²) in [6.45, 7) is 2.18. The van der Waals surface area contributed by atoms with Crippen LogP contribution in [0.5, 0.6) is 0 Å². The Bertz CT molecular complexity index is 290. The molecule has 0 saturated heterocycles. The lowest BCUT2D eigenvalue weighted by atomic mass is 10.3. The quantitative estimate of drug-likeness (QED) is 0.746. The molecule has 0 fully saturated rings. The summed E-state index contributed by atoms with van der Waals surface area (Å²) in [5.74, 6) is -0.0286.